The average Bonchev–Trinajstić information content (AvgIpc) is 2.98. The van der Waals surface area contributed by atoms with E-state index in [4.69, 9.17) is 23.2 Å². The Kier molecular flexibility index (Phi) is 10.6. The molecular weight excluding hydrogens is 616 g/mol. The number of rotatable bonds is 10. The molecule has 4 aromatic carbocycles. The number of thioether (sulfide) groups is 1. The van der Waals surface area contributed by atoms with E-state index in [1.807, 2.05) is 0 Å². The molecule has 4 rings (SSSR count). The molecule has 0 spiro atoms. The van der Waals surface area contributed by atoms with Crippen LogP contribution in [0.1, 0.15) is 26.3 Å². The van der Waals surface area contributed by atoms with E-state index in [1.54, 1.807) is 54.6 Å². The molecule has 0 radical (unpaired) electrons. The molecule has 0 aromatic heterocycles. The van der Waals surface area contributed by atoms with Crippen LogP contribution < -0.4 is 16.0 Å². The molecule has 12 heteroatoms. The first-order valence-corrected chi connectivity index (χ1v) is 14.2. The van der Waals surface area contributed by atoms with Crippen LogP contribution in [0.2, 0.25) is 10.0 Å². The topological polar surface area (TPSA) is 125 Å². The first-order chi connectivity index (χ1) is 20.6. The Morgan fingerprint density at radius 2 is 1.53 bits per heavy atom. The number of carbonyl (C=O) groups excluding carboxylic acids is 3. The Hall–Kier alpha value is -4.64. The maximum absolute atomic E-state index is 14.5. The lowest BCUT2D eigenvalue weighted by Gasteiger charge is -2.13. The van der Waals surface area contributed by atoms with Crippen molar-refractivity contribution >= 4 is 76.1 Å². The van der Waals surface area contributed by atoms with Crippen molar-refractivity contribution in [1.29, 1.82) is 0 Å². The van der Waals surface area contributed by atoms with Crippen LogP contribution in [0.5, 0.6) is 0 Å². The molecule has 0 heterocycles. The molecule has 0 atom stereocenters. The van der Waals surface area contributed by atoms with Crippen LogP contribution >= 0.6 is 35.0 Å². The minimum atomic E-state index is -1.22. The molecule has 43 heavy (non-hydrogen) atoms. The van der Waals surface area contributed by atoms with Gasteiger partial charge in [-0.05, 0) is 66.7 Å². The van der Waals surface area contributed by atoms with Gasteiger partial charge in [-0.2, -0.15) is 0 Å². The van der Waals surface area contributed by atoms with E-state index in [2.05, 4.69) is 16.0 Å². The molecule has 0 saturated heterocycles. The number of halogens is 3. The largest absolute Gasteiger partial charge is 0.478 e. The van der Waals surface area contributed by atoms with E-state index in [0.29, 0.717) is 10.6 Å². The quantitative estimate of drug-likeness (QED) is 0.110. The Morgan fingerprint density at radius 1 is 0.814 bits per heavy atom. The van der Waals surface area contributed by atoms with Crippen molar-refractivity contribution in [2.45, 2.75) is 4.90 Å². The van der Waals surface area contributed by atoms with E-state index >= 15 is 0 Å². The van der Waals surface area contributed by atoms with Gasteiger partial charge in [0, 0.05) is 27.4 Å². The number of benzene rings is 4. The van der Waals surface area contributed by atoms with E-state index in [-0.39, 0.29) is 43.9 Å². The zero-order valence-electron chi connectivity index (χ0n) is 22.1. The molecule has 0 fully saturated rings. The zero-order valence-corrected chi connectivity index (χ0v) is 24.4. The van der Waals surface area contributed by atoms with Crippen LogP contribution in [0.25, 0.3) is 6.08 Å². The van der Waals surface area contributed by atoms with Crippen molar-refractivity contribution in [1.82, 2.24) is 5.32 Å². The fourth-order valence-corrected chi connectivity index (χ4v) is 4.88. The number of amides is 3. The average molecular weight is 639 g/mol. The third-order valence-corrected chi connectivity index (χ3v) is 7.41. The summed E-state index contributed by atoms with van der Waals surface area (Å²) in [5, 5.41) is 17.1. The lowest BCUT2D eigenvalue weighted by molar-refractivity contribution is -0.114. The van der Waals surface area contributed by atoms with E-state index in [1.165, 1.54) is 48.2 Å². The van der Waals surface area contributed by atoms with Crippen molar-refractivity contribution in [2.75, 3.05) is 16.4 Å². The van der Waals surface area contributed by atoms with E-state index < -0.39 is 29.5 Å². The van der Waals surface area contributed by atoms with Gasteiger partial charge in [0.05, 0.1) is 21.4 Å². The van der Waals surface area contributed by atoms with Crippen molar-refractivity contribution in [2.24, 2.45) is 0 Å². The highest BCUT2D eigenvalue weighted by Gasteiger charge is 2.18. The van der Waals surface area contributed by atoms with Gasteiger partial charge in [0.2, 0.25) is 5.91 Å². The maximum Gasteiger partial charge on any atom is 0.337 e. The number of carbonyl (C=O) groups is 4. The summed E-state index contributed by atoms with van der Waals surface area (Å²) >= 11 is 13.2. The highest BCUT2D eigenvalue weighted by molar-refractivity contribution is 8.00. The van der Waals surface area contributed by atoms with Crippen LogP contribution in [0, 0.1) is 5.82 Å². The van der Waals surface area contributed by atoms with Gasteiger partial charge >= 0.3 is 5.97 Å². The van der Waals surface area contributed by atoms with E-state index in [0.717, 1.165) is 6.08 Å². The smallest absolute Gasteiger partial charge is 0.337 e. The molecule has 0 unspecified atom stereocenters. The number of hydrogen-bond acceptors (Lipinski definition) is 5. The fourth-order valence-electron chi connectivity index (χ4n) is 3.71. The predicted molar refractivity (Wildman–Crippen MR) is 166 cm³/mol. The number of carboxylic acid groups (broad SMARTS) is 1. The lowest BCUT2D eigenvalue weighted by atomic mass is 10.1. The van der Waals surface area contributed by atoms with Gasteiger partial charge in [-0.1, -0.05) is 53.5 Å². The highest BCUT2D eigenvalue weighted by atomic mass is 35.5. The second kappa shape index (κ2) is 14.5. The molecule has 0 bridgehead atoms. The van der Waals surface area contributed by atoms with Gasteiger partial charge in [0.25, 0.3) is 11.8 Å². The Morgan fingerprint density at radius 3 is 2.26 bits per heavy atom. The molecule has 3 amide bonds. The summed E-state index contributed by atoms with van der Waals surface area (Å²) in [5.74, 6) is -3.63. The van der Waals surface area contributed by atoms with Crippen LogP contribution in [0.15, 0.2) is 102 Å². The van der Waals surface area contributed by atoms with Crippen LogP contribution in [-0.4, -0.2) is 34.6 Å². The summed E-state index contributed by atoms with van der Waals surface area (Å²) in [6.07, 6.45) is 1.16. The minimum absolute atomic E-state index is 0.0213. The molecule has 4 aromatic rings. The SMILES string of the molecule is O=C(CSc1cccc(NC(=O)/C(=C\c2c(F)cccc2Cl)NC(=O)c2ccccc2)c1)Nc1ccc(Cl)c(C(=O)O)c1. The molecular formula is C31H22Cl2FN3O5S. The number of hydrogen-bond donors (Lipinski definition) is 4. The summed E-state index contributed by atoms with van der Waals surface area (Å²) in [6.45, 7) is 0. The third-order valence-electron chi connectivity index (χ3n) is 5.76. The lowest BCUT2D eigenvalue weighted by Crippen LogP contribution is -2.30. The van der Waals surface area contributed by atoms with Crippen molar-refractivity contribution in [3.05, 3.63) is 129 Å². The standard InChI is InChI=1S/C31H22Cl2FN3O5S/c32-24-10-5-11-26(34)22(24)16-27(37-29(39)18-6-2-1-3-7-18)30(40)36-19-8-4-9-21(14-19)43-17-28(38)35-20-12-13-25(33)23(15-20)31(41)42/h1-16H,17H2,(H,35,38)(H,36,40)(H,37,39)(H,41,42)/b27-16+. The number of carboxylic acids is 1. The summed E-state index contributed by atoms with van der Waals surface area (Å²) in [5.41, 5.74) is 0.451. The minimum Gasteiger partial charge on any atom is -0.478 e. The normalized spacial score (nSPS) is 11.0. The number of anilines is 2. The first kappa shape index (κ1) is 31.3. The molecule has 0 aliphatic heterocycles. The van der Waals surface area contributed by atoms with Crippen LogP contribution in [0.4, 0.5) is 15.8 Å². The molecule has 0 aliphatic carbocycles. The molecule has 4 N–H and O–H groups in total. The molecule has 8 nitrogen and oxygen atoms in total. The molecule has 0 aliphatic rings. The third kappa shape index (κ3) is 8.68. The summed E-state index contributed by atoms with van der Waals surface area (Å²) in [7, 11) is 0. The molecule has 0 saturated carbocycles. The summed E-state index contributed by atoms with van der Waals surface area (Å²) < 4.78 is 14.5. The second-order valence-electron chi connectivity index (χ2n) is 8.83. The van der Waals surface area contributed by atoms with Crippen LogP contribution in [0.3, 0.4) is 0 Å². The van der Waals surface area contributed by atoms with Gasteiger partial charge < -0.3 is 21.1 Å². The van der Waals surface area contributed by atoms with E-state index in [9.17, 15) is 28.7 Å². The van der Waals surface area contributed by atoms with Gasteiger partial charge in [-0.3, -0.25) is 14.4 Å². The monoisotopic (exact) mass is 637 g/mol. The highest BCUT2D eigenvalue weighted by Crippen LogP contribution is 2.25. The van der Waals surface area contributed by atoms with Crippen molar-refractivity contribution < 1.29 is 28.7 Å². The Balaban J connectivity index is 1.47. The summed E-state index contributed by atoms with van der Waals surface area (Å²) in [6, 6.07) is 23.0. The molecule has 218 valence electrons. The Labute approximate surface area is 259 Å². The van der Waals surface area contributed by atoms with Gasteiger partial charge in [0.1, 0.15) is 11.5 Å². The fraction of sp³-hybridized carbons (Fsp3) is 0.0323. The second-order valence-corrected chi connectivity index (χ2v) is 10.7. The summed E-state index contributed by atoms with van der Waals surface area (Å²) in [4.78, 5) is 50.5. The predicted octanol–water partition coefficient (Wildman–Crippen LogP) is 6.97. The van der Waals surface area contributed by atoms with Gasteiger partial charge in [-0.25, -0.2) is 9.18 Å². The van der Waals surface area contributed by atoms with Crippen LogP contribution in [-0.2, 0) is 9.59 Å². The zero-order chi connectivity index (χ0) is 30.9. The number of aromatic carboxylic acids is 1. The van der Waals surface area contributed by atoms with Crippen molar-refractivity contribution in [3.63, 3.8) is 0 Å². The number of nitrogens with one attached hydrogen (secondary N) is 3. The van der Waals surface area contributed by atoms with Gasteiger partial charge in [0.15, 0.2) is 0 Å². The first-order valence-electron chi connectivity index (χ1n) is 12.5. The van der Waals surface area contributed by atoms with Gasteiger partial charge in [-0.15, -0.1) is 11.8 Å². The Bertz CT molecular complexity index is 1710. The van der Waals surface area contributed by atoms with Crippen molar-refractivity contribution in [3.8, 4) is 0 Å². The maximum atomic E-state index is 14.5.